The molecule has 1 aromatic carbocycles. The SMILES string of the molecule is Cc1ccc(S(=O)(=O)CC(=O)N2CCC(C(N)=O)CC2)cc1C. The molecule has 0 saturated carbocycles. The van der Waals surface area contributed by atoms with Crippen LogP contribution in [0.4, 0.5) is 0 Å². The number of piperidine rings is 1. The molecule has 1 heterocycles. The molecule has 6 nitrogen and oxygen atoms in total. The summed E-state index contributed by atoms with van der Waals surface area (Å²) in [6.07, 6.45) is 0.982. The van der Waals surface area contributed by atoms with Crippen LogP contribution in [-0.4, -0.2) is 44.0 Å². The number of likely N-dealkylation sites (tertiary alicyclic amines) is 1. The van der Waals surface area contributed by atoms with E-state index in [9.17, 15) is 18.0 Å². The van der Waals surface area contributed by atoms with Gasteiger partial charge in [0.2, 0.25) is 11.8 Å². The number of nitrogens with zero attached hydrogens (tertiary/aromatic N) is 1. The van der Waals surface area contributed by atoms with E-state index in [0.717, 1.165) is 11.1 Å². The predicted octanol–water partition coefficient (Wildman–Crippen LogP) is 0.801. The summed E-state index contributed by atoms with van der Waals surface area (Å²) < 4.78 is 24.8. The Morgan fingerprint density at radius 2 is 1.78 bits per heavy atom. The van der Waals surface area contributed by atoms with Crippen molar-refractivity contribution in [2.45, 2.75) is 31.6 Å². The molecule has 126 valence electrons. The van der Waals surface area contributed by atoms with Gasteiger partial charge in [0.05, 0.1) is 4.90 Å². The van der Waals surface area contributed by atoms with E-state index in [-0.39, 0.29) is 16.7 Å². The second kappa shape index (κ2) is 6.70. The normalized spacial score (nSPS) is 16.3. The fourth-order valence-corrected chi connectivity index (χ4v) is 3.96. The highest BCUT2D eigenvalue weighted by atomic mass is 32.2. The van der Waals surface area contributed by atoms with Crippen LogP contribution in [0.2, 0.25) is 0 Å². The summed E-state index contributed by atoms with van der Waals surface area (Å²) >= 11 is 0. The number of benzene rings is 1. The zero-order chi connectivity index (χ0) is 17.2. The molecule has 0 unspecified atom stereocenters. The second-order valence-corrected chi connectivity index (χ2v) is 8.05. The average Bonchev–Trinajstić information content (AvgIpc) is 2.49. The number of carbonyl (C=O) groups is 2. The molecular weight excluding hydrogens is 316 g/mol. The Bertz CT molecular complexity index is 720. The van der Waals surface area contributed by atoms with Crippen molar-refractivity contribution in [3.63, 3.8) is 0 Å². The quantitative estimate of drug-likeness (QED) is 0.878. The summed E-state index contributed by atoms with van der Waals surface area (Å²) in [6.45, 7) is 4.48. The topological polar surface area (TPSA) is 97.5 Å². The number of aryl methyl sites for hydroxylation is 2. The average molecular weight is 338 g/mol. The molecule has 0 spiro atoms. The fraction of sp³-hybridized carbons (Fsp3) is 0.500. The Labute approximate surface area is 136 Å². The number of hydrogen-bond donors (Lipinski definition) is 1. The van der Waals surface area contributed by atoms with Gasteiger partial charge in [0.25, 0.3) is 0 Å². The van der Waals surface area contributed by atoms with Crippen LogP contribution in [-0.2, 0) is 19.4 Å². The molecule has 0 aromatic heterocycles. The third kappa shape index (κ3) is 4.10. The molecule has 0 aliphatic carbocycles. The zero-order valence-corrected chi connectivity index (χ0v) is 14.2. The third-order valence-electron chi connectivity index (χ3n) is 4.40. The minimum absolute atomic E-state index is 0.168. The highest BCUT2D eigenvalue weighted by Crippen LogP contribution is 2.19. The van der Waals surface area contributed by atoms with Crippen molar-refractivity contribution in [3.05, 3.63) is 29.3 Å². The van der Waals surface area contributed by atoms with Gasteiger partial charge in [-0.1, -0.05) is 6.07 Å². The molecule has 1 saturated heterocycles. The highest BCUT2D eigenvalue weighted by Gasteiger charge is 2.29. The molecule has 23 heavy (non-hydrogen) atoms. The minimum Gasteiger partial charge on any atom is -0.369 e. The van der Waals surface area contributed by atoms with Gasteiger partial charge in [0, 0.05) is 19.0 Å². The van der Waals surface area contributed by atoms with E-state index in [1.807, 2.05) is 13.8 Å². The number of rotatable bonds is 4. The number of sulfone groups is 1. The molecule has 0 bridgehead atoms. The third-order valence-corrected chi connectivity index (χ3v) is 6.00. The Kier molecular flexibility index (Phi) is 5.09. The smallest absolute Gasteiger partial charge is 0.238 e. The summed E-state index contributed by atoms with van der Waals surface area (Å²) in [7, 11) is -3.66. The summed E-state index contributed by atoms with van der Waals surface area (Å²) in [5.41, 5.74) is 7.13. The molecule has 1 aliphatic rings. The highest BCUT2D eigenvalue weighted by molar-refractivity contribution is 7.92. The van der Waals surface area contributed by atoms with Gasteiger partial charge in [0.1, 0.15) is 5.75 Å². The van der Waals surface area contributed by atoms with E-state index in [4.69, 9.17) is 5.73 Å². The lowest BCUT2D eigenvalue weighted by molar-refractivity contribution is -0.132. The van der Waals surface area contributed by atoms with Crippen molar-refractivity contribution in [1.29, 1.82) is 0 Å². The minimum atomic E-state index is -3.66. The molecule has 1 aliphatic heterocycles. The van der Waals surface area contributed by atoms with Gasteiger partial charge in [-0.15, -0.1) is 0 Å². The largest absolute Gasteiger partial charge is 0.369 e. The van der Waals surface area contributed by atoms with Gasteiger partial charge in [0.15, 0.2) is 9.84 Å². The first-order valence-electron chi connectivity index (χ1n) is 7.58. The number of nitrogens with two attached hydrogens (primary N) is 1. The maximum absolute atomic E-state index is 12.4. The lowest BCUT2D eigenvalue weighted by Gasteiger charge is -2.30. The van der Waals surface area contributed by atoms with E-state index >= 15 is 0 Å². The first-order valence-corrected chi connectivity index (χ1v) is 9.23. The van der Waals surface area contributed by atoms with Crippen molar-refractivity contribution in [1.82, 2.24) is 4.90 Å². The van der Waals surface area contributed by atoms with Gasteiger partial charge in [-0.3, -0.25) is 9.59 Å². The van der Waals surface area contributed by atoms with E-state index in [0.29, 0.717) is 25.9 Å². The van der Waals surface area contributed by atoms with Crippen LogP contribution in [0.3, 0.4) is 0 Å². The molecule has 2 rings (SSSR count). The first-order chi connectivity index (χ1) is 10.7. The Morgan fingerprint density at radius 3 is 2.30 bits per heavy atom. The van der Waals surface area contributed by atoms with Crippen molar-refractivity contribution < 1.29 is 18.0 Å². The van der Waals surface area contributed by atoms with Crippen molar-refractivity contribution in [3.8, 4) is 0 Å². The van der Waals surface area contributed by atoms with Crippen LogP contribution in [0.5, 0.6) is 0 Å². The molecule has 2 amide bonds. The molecular formula is C16H22N2O4S. The number of amides is 2. The predicted molar refractivity (Wildman–Crippen MR) is 86.5 cm³/mol. The van der Waals surface area contributed by atoms with Crippen LogP contribution in [0.15, 0.2) is 23.1 Å². The van der Waals surface area contributed by atoms with Crippen molar-refractivity contribution >= 4 is 21.7 Å². The number of carbonyl (C=O) groups excluding carboxylic acids is 2. The standard InChI is InChI=1S/C16H22N2O4S/c1-11-3-4-14(9-12(11)2)23(21,22)10-15(19)18-7-5-13(6-8-18)16(17)20/h3-4,9,13H,5-8,10H2,1-2H3,(H2,17,20). The van der Waals surface area contributed by atoms with E-state index < -0.39 is 21.5 Å². The van der Waals surface area contributed by atoms with Crippen LogP contribution < -0.4 is 5.73 Å². The van der Waals surface area contributed by atoms with Gasteiger partial charge in [-0.05, 0) is 49.9 Å². The Hall–Kier alpha value is -1.89. The Balaban J connectivity index is 2.04. The summed E-state index contributed by atoms with van der Waals surface area (Å²) in [5, 5.41) is 0. The van der Waals surface area contributed by atoms with Gasteiger partial charge < -0.3 is 10.6 Å². The monoisotopic (exact) mass is 338 g/mol. The van der Waals surface area contributed by atoms with Gasteiger partial charge in [-0.2, -0.15) is 0 Å². The van der Waals surface area contributed by atoms with E-state index in [2.05, 4.69) is 0 Å². The molecule has 1 aromatic rings. The van der Waals surface area contributed by atoms with E-state index in [1.54, 1.807) is 12.1 Å². The van der Waals surface area contributed by atoms with E-state index in [1.165, 1.54) is 11.0 Å². The number of hydrogen-bond acceptors (Lipinski definition) is 4. The lowest BCUT2D eigenvalue weighted by atomic mass is 9.96. The van der Waals surface area contributed by atoms with Crippen molar-refractivity contribution in [2.24, 2.45) is 11.7 Å². The van der Waals surface area contributed by atoms with Crippen LogP contribution in [0.25, 0.3) is 0 Å². The molecule has 2 N–H and O–H groups in total. The Morgan fingerprint density at radius 1 is 1.17 bits per heavy atom. The summed E-state index contributed by atoms with van der Waals surface area (Å²) in [6, 6.07) is 4.87. The number of primary amides is 1. The van der Waals surface area contributed by atoms with Crippen molar-refractivity contribution in [2.75, 3.05) is 18.8 Å². The maximum Gasteiger partial charge on any atom is 0.238 e. The summed E-state index contributed by atoms with van der Waals surface area (Å²) in [5.74, 6) is -1.56. The van der Waals surface area contributed by atoms with Crippen LogP contribution in [0, 0.1) is 19.8 Å². The first kappa shape index (κ1) is 17.5. The molecule has 7 heteroatoms. The molecule has 0 radical (unpaired) electrons. The zero-order valence-electron chi connectivity index (χ0n) is 13.4. The fourth-order valence-electron chi connectivity index (χ4n) is 2.66. The molecule has 0 atom stereocenters. The maximum atomic E-state index is 12.4. The van der Waals surface area contributed by atoms with Crippen LogP contribution in [0.1, 0.15) is 24.0 Å². The van der Waals surface area contributed by atoms with Gasteiger partial charge >= 0.3 is 0 Å². The van der Waals surface area contributed by atoms with Gasteiger partial charge in [-0.25, -0.2) is 8.42 Å². The van der Waals surface area contributed by atoms with Crippen LogP contribution >= 0.6 is 0 Å². The second-order valence-electron chi connectivity index (χ2n) is 6.06. The summed E-state index contributed by atoms with van der Waals surface area (Å²) in [4.78, 5) is 25.0. The molecule has 1 fully saturated rings. The lowest BCUT2D eigenvalue weighted by Crippen LogP contribution is -2.43.